The highest BCUT2D eigenvalue weighted by molar-refractivity contribution is 5.80. The van der Waals surface area contributed by atoms with E-state index in [0.29, 0.717) is 0 Å². The van der Waals surface area contributed by atoms with E-state index in [9.17, 15) is 0 Å². The second-order valence-electron chi connectivity index (χ2n) is 8.01. The van der Waals surface area contributed by atoms with Gasteiger partial charge in [-0.25, -0.2) is 4.98 Å². The van der Waals surface area contributed by atoms with E-state index in [4.69, 9.17) is 5.73 Å². The molecule has 2 heterocycles. The van der Waals surface area contributed by atoms with Crippen molar-refractivity contribution in [1.29, 1.82) is 0 Å². The van der Waals surface area contributed by atoms with Gasteiger partial charge in [-0.1, -0.05) is 49.4 Å². The Morgan fingerprint density at radius 1 is 1.03 bits per heavy atom. The number of nitrogens with two attached hydrogens (primary N) is 1. The third kappa shape index (κ3) is 4.70. The van der Waals surface area contributed by atoms with Crippen molar-refractivity contribution < 1.29 is 0 Å². The van der Waals surface area contributed by atoms with Crippen molar-refractivity contribution in [3.05, 3.63) is 66.9 Å². The van der Waals surface area contributed by atoms with Gasteiger partial charge in [0.15, 0.2) is 0 Å². The van der Waals surface area contributed by atoms with Crippen LogP contribution in [0.1, 0.15) is 13.3 Å². The molecule has 160 valence electrons. The minimum absolute atomic E-state index is 0.183. The summed E-state index contributed by atoms with van der Waals surface area (Å²) in [4.78, 5) is 13.3. The summed E-state index contributed by atoms with van der Waals surface area (Å²) in [7, 11) is 4.11. The minimum atomic E-state index is 0.183. The van der Waals surface area contributed by atoms with Gasteiger partial charge in [0.2, 0.25) is 5.95 Å². The van der Waals surface area contributed by atoms with Crippen molar-refractivity contribution in [1.82, 2.24) is 14.9 Å². The van der Waals surface area contributed by atoms with Crippen LogP contribution in [0.2, 0.25) is 0 Å². The average Bonchev–Trinajstić information content (AvgIpc) is 3.32. The predicted octanol–water partition coefficient (Wildman–Crippen LogP) is 4.48. The van der Waals surface area contributed by atoms with E-state index >= 15 is 0 Å². The van der Waals surface area contributed by atoms with Crippen LogP contribution in [0.3, 0.4) is 0 Å². The molecular weight excluding hydrogens is 384 g/mol. The van der Waals surface area contributed by atoms with Crippen molar-refractivity contribution in [3.8, 4) is 22.3 Å². The standard InChI is InChI=1S/C25H30N6/c1-4-23(31-13-5-6-14-31)28-24-22(17-27-25(26)29-24)20-11-7-9-18(15-20)19-10-8-12-21(16-19)30(2)3/h5-12,15-17,23H,4,13-14H2,1-3H3,(H3,26,27,28,29). The molecule has 0 radical (unpaired) electrons. The Morgan fingerprint density at radius 3 is 2.42 bits per heavy atom. The Morgan fingerprint density at radius 2 is 1.71 bits per heavy atom. The molecule has 3 aromatic rings. The highest BCUT2D eigenvalue weighted by atomic mass is 15.3. The number of benzene rings is 2. The topological polar surface area (TPSA) is 70.3 Å². The van der Waals surface area contributed by atoms with Crippen LogP contribution < -0.4 is 16.0 Å². The molecule has 2 aromatic carbocycles. The summed E-state index contributed by atoms with van der Waals surface area (Å²) >= 11 is 0. The summed E-state index contributed by atoms with van der Waals surface area (Å²) in [5, 5.41) is 3.61. The third-order valence-corrected chi connectivity index (χ3v) is 5.65. The van der Waals surface area contributed by atoms with Crippen molar-refractivity contribution in [3.63, 3.8) is 0 Å². The van der Waals surface area contributed by atoms with E-state index in [1.165, 1.54) is 11.3 Å². The number of nitrogens with zero attached hydrogens (tertiary/aromatic N) is 4. The summed E-state index contributed by atoms with van der Waals surface area (Å²) in [6, 6.07) is 17.0. The molecule has 31 heavy (non-hydrogen) atoms. The first-order chi connectivity index (χ1) is 15.0. The van der Waals surface area contributed by atoms with Gasteiger partial charge >= 0.3 is 0 Å². The molecule has 0 amide bonds. The van der Waals surface area contributed by atoms with Gasteiger partial charge in [0.25, 0.3) is 0 Å². The van der Waals surface area contributed by atoms with Gasteiger partial charge in [-0.15, -0.1) is 0 Å². The summed E-state index contributed by atoms with van der Waals surface area (Å²) < 4.78 is 0. The number of nitrogens with one attached hydrogen (secondary N) is 1. The van der Waals surface area contributed by atoms with E-state index in [2.05, 4.69) is 107 Å². The summed E-state index contributed by atoms with van der Waals surface area (Å²) in [5.74, 6) is 1.04. The molecule has 0 aliphatic carbocycles. The Kier molecular flexibility index (Phi) is 6.18. The second-order valence-corrected chi connectivity index (χ2v) is 8.01. The summed E-state index contributed by atoms with van der Waals surface area (Å²) in [6.45, 7) is 4.07. The maximum absolute atomic E-state index is 5.95. The van der Waals surface area contributed by atoms with Crippen LogP contribution in [0, 0.1) is 0 Å². The van der Waals surface area contributed by atoms with Crippen molar-refractivity contribution in [2.75, 3.05) is 43.1 Å². The molecule has 6 nitrogen and oxygen atoms in total. The lowest BCUT2D eigenvalue weighted by Crippen LogP contribution is -2.39. The van der Waals surface area contributed by atoms with Gasteiger partial charge in [-0.3, -0.25) is 4.90 Å². The van der Waals surface area contributed by atoms with Gasteiger partial charge < -0.3 is 16.0 Å². The average molecular weight is 415 g/mol. The maximum atomic E-state index is 5.95. The molecule has 1 atom stereocenters. The third-order valence-electron chi connectivity index (χ3n) is 5.65. The SMILES string of the molecule is CCC(Nc1nc(N)ncc1-c1cccc(-c2cccc(N(C)C)c2)c1)N1CC=CC1. The van der Waals surface area contributed by atoms with Gasteiger partial charge in [-0.2, -0.15) is 4.98 Å². The quantitative estimate of drug-likeness (QED) is 0.556. The number of rotatable bonds is 7. The first kappa shape index (κ1) is 20.9. The van der Waals surface area contributed by atoms with Crippen LogP contribution in [0.4, 0.5) is 17.5 Å². The van der Waals surface area contributed by atoms with E-state index in [1.54, 1.807) is 0 Å². The van der Waals surface area contributed by atoms with Crippen LogP contribution in [-0.4, -0.2) is 48.2 Å². The molecule has 1 aromatic heterocycles. The van der Waals surface area contributed by atoms with E-state index in [-0.39, 0.29) is 12.1 Å². The van der Waals surface area contributed by atoms with Crippen molar-refractivity contribution in [2.24, 2.45) is 0 Å². The summed E-state index contributed by atoms with van der Waals surface area (Å²) in [6.07, 6.45) is 7.36. The number of hydrogen-bond donors (Lipinski definition) is 2. The molecule has 1 unspecified atom stereocenters. The lowest BCUT2D eigenvalue weighted by molar-refractivity contribution is 0.271. The molecule has 1 aliphatic heterocycles. The van der Waals surface area contributed by atoms with E-state index in [1.807, 2.05) is 6.20 Å². The van der Waals surface area contributed by atoms with Crippen molar-refractivity contribution >= 4 is 17.5 Å². The van der Waals surface area contributed by atoms with E-state index < -0.39 is 0 Å². The smallest absolute Gasteiger partial charge is 0.221 e. The zero-order valence-electron chi connectivity index (χ0n) is 18.4. The van der Waals surface area contributed by atoms with E-state index in [0.717, 1.165) is 42.0 Å². The van der Waals surface area contributed by atoms with Gasteiger partial charge in [0.05, 0.1) is 6.17 Å². The van der Waals surface area contributed by atoms with Crippen LogP contribution in [0.25, 0.3) is 22.3 Å². The fourth-order valence-corrected chi connectivity index (χ4v) is 3.90. The van der Waals surface area contributed by atoms with Gasteiger partial charge in [0.1, 0.15) is 5.82 Å². The molecule has 4 rings (SSSR count). The number of nitrogen functional groups attached to an aromatic ring is 1. The fraction of sp³-hybridized carbons (Fsp3) is 0.280. The lowest BCUT2D eigenvalue weighted by atomic mass is 9.99. The van der Waals surface area contributed by atoms with Crippen molar-refractivity contribution in [2.45, 2.75) is 19.5 Å². The molecule has 0 bridgehead atoms. The summed E-state index contributed by atoms with van der Waals surface area (Å²) in [5.41, 5.74) is 11.5. The number of anilines is 3. The van der Waals surface area contributed by atoms with Gasteiger partial charge in [-0.05, 0) is 41.3 Å². The first-order valence-corrected chi connectivity index (χ1v) is 10.7. The molecule has 3 N–H and O–H groups in total. The highest BCUT2D eigenvalue weighted by Gasteiger charge is 2.20. The molecule has 6 heteroatoms. The predicted molar refractivity (Wildman–Crippen MR) is 130 cm³/mol. The normalized spacial score (nSPS) is 14.5. The molecule has 1 aliphatic rings. The van der Waals surface area contributed by atoms with Crippen LogP contribution in [0.15, 0.2) is 66.9 Å². The number of hydrogen-bond acceptors (Lipinski definition) is 6. The monoisotopic (exact) mass is 414 g/mol. The Hall–Kier alpha value is -3.38. The fourth-order valence-electron chi connectivity index (χ4n) is 3.90. The minimum Gasteiger partial charge on any atom is -0.378 e. The molecule has 0 saturated carbocycles. The maximum Gasteiger partial charge on any atom is 0.221 e. The largest absolute Gasteiger partial charge is 0.378 e. The molecule has 0 fully saturated rings. The molecule has 0 spiro atoms. The molecule has 0 saturated heterocycles. The Balaban J connectivity index is 1.68. The highest BCUT2D eigenvalue weighted by Crippen LogP contribution is 2.32. The lowest BCUT2D eigenvalue weighted by Gasteiger charge is -2.28. The first-order valence-electron chi connectivity index (χ1n) is 10.7. The van der Waals surface area contributed by atoms with Gasteiger partial charge in [0, 0.05) is 44.6 Å². The number of aromatic nitrogens is 2. The second kappa shape index (κ2) is 9.18. The Bertz CT molecular complexity index is 1070. The van der Waals surface area contributed by atoms with Crippen LogP contribution >= 0.6 is 0 Å². The molecular formula is C25H30N6. The zero-order chi connectivity index (χ0) is 21.8. The zero-order valence-corrected chi connectivity index (χ0v) is 18.4. The van der Waals surface area contributed by atoms with Crippen LogP contribution in [-0.2, 0) is 0 Å². The Labute approximate surface area is 184 Å². The van der Waals surface area contributed by atoms with Crippen LogP contribution in [0.5, 0.6) is 0 Å².